The topological polar surface area (TPSA) is 318 Å². The van der Waals surface area contributed by atoms with Crippen LogP contribution in [-0.4, -0.2) is 51.2 Å². The molecule has 6 aromatic carbocycles. The molecule has 16 heteroatoms. The molecule has 6 rings (SSSR count). The van der Waals surface area contributed by atoms with Crippen LogP contribution < -0.4 is 81.8 Å². The highest BCUT2D eigenvalue weighted by atomic mass is 16.5. The van der Waals surface area contributed by atoms with Crippen LogP contribution in [0.4, 0.5) is 68.2 Å². The molecule has 0 spiro atoms. The van der Waals surface area contributed by atoms with Gasteiger partial charge >= 0.3 is 0 Å². The molecule has 16 nitrogen and oxygen atoms in total. The number of hydrogen-bond acceptors (Lipinski definition) is 16. The first-order chi connectivity index (χ1) is 32.9. The van der Waals surface area contributed by atoms with Crippen molar-refractivity contribution in [3.63, 3.8) is 0 Å². The van der Waals surface area contributed by atoms with E-state index in [0.717, 1.165) is 65.8 Å². The minimum Gasteiger partial charge on any atom is -0.491 e. The third kappa shape index (κ3) is 28.2. The molecule has 0 saturated carbocycles. The van der Waals surface area contributed by atoms with Crippen LogP contribution >= 0.6 is 0 Å². The van der Waals surface area contributed by atoms with Crippen LogP contribution in [0.15, 0.2) is 127 Å². The summed E-state index contributed by atoms with van der Waals surface area (Å²) in [5, 5.41) is 17.9. The maximum Gasteiger partial charge on any atom is 0.142 e. The molecule has 6 aromatic rings. The molecular formula is C53H82N12O4. The second-order valence-corrected chi connectivity index (χ2v) is 16.1. The fourth-order valence-electron chi connectivity index (χ4n) is 5.44. The Morgan fingerprint density at radius 1 is 0.493 bits per heavy atom. The Morgan fingerprint density at radius 3 is 1.26 bits per heavy atom. The lowest BCUT2D eigenvalue weighted by Crippen LogP contribution is -2.07. The number of aliphatic hydroxyl groups excluding tert-OH is 1. The van der Waals surface area contributed by atoms with E-state index in [0.29, 0.717) is 71.2 Å². The van der Waals surface area contributed by atoms with Crippen molar-refractivity contribution in [3.8, 4) is 17.2 Å². The molecule has 22 N–H and O–H groups in total. The third-order valence-corrected chi connectivity index (χ3v) is 8.89. The molecule has 0 bridgehead atoms. The number of nitrogens with one attached hydrogen (secondary N) is 3. The van der Waals surface area contributed by atoms with E-state index < -0.39 is 0 Å². The molecule has 0 saturated heterocycles. The second-order valence-electron chi connectivity index (χ2n) is 16.1. The fourth-order valence-corrected chi connectivity index (χ4v) is 5.44. The maximum atomic E-state index is 8.53. The van der Waals surface area contributed by atoms with Crippen LogP contribution in [0.3, 0.4) is 0 Å². The number of anilines is 12. The summed E-state index contributed by atoms with van der Waals surface area (Å²) in [6.45, 7) is 15.7. The number of nitrogens with two attached hydrogens (primary N) is 9. The van der Waals surface area contributed by atoms with Crippen molar-refractivity contribution in [1.82, 2.24) is 0 Å². The second kappa shape index (κ2) is 34.6. The number of rotatable bonds is 16. The van der Waals surface area contributed by atoms with E-state index in [1.54, 1.807) is 48.5 Å². The Balaban J connectivity index is 0.000000416. The largest absolute Gasteiger partial charge is 0.491 e. The summed E-state index contributed by atoms with van der Waals surface area (Å²) in [6.07, 6.45) is 2.90. The molecule has 0 fully saturated rings. The number of benzene rings is 6. The van der Waals surface area contributed by atoms with Gasteiger partial charge in [0.05, 0.1) is 36.4 Å². The van der Waals surface area contributed by atoms with E-state index >= 15 is 0 Å². The van der Waals surface area contributed by atoms with E-state index in [9.17, 15) is 0 Å². The molecule has 0 heterocycles. The summed E-state index contributed by atoms with van der Waals surface area (Å²) in [5.74, 6) is 2.67. The Hall–Kier alpha value is -7.72. The van der Waals surface area contributed by atoms with Crippen LogP contribution in [0.25, 0.3) is 0 Å². The van der Waals surface area contributed by atoms with Crippen LogP contribution in [0, 0.1) is 5.92 Å². The van der Waals surface area contributed by atoms with Crippen LogP contribution in [-0.2, 0) is 0 Å². The molecule has 0 aliphatic heterocycles. The van der Waals surface area contributed by atoms with E-state index in [1.807, 2.05) is 99.8 Å². The van der Waals surface area contributed by atoms with Crippen molar-refractivity contribution < 1.29 is 19.3 Å². The average molecular weight is 951 g/mol. The monoisotopic (exact) mass is 951 g/mol. The predicted octanol–water partition coefficient (Wildman–Crippen LogP) is 9.63. The van der Waals surface area contributed by atoms with Crippen LogP contribution in [0.5, 0.6) is 17.2 Å². The van der Waals surface area contributed by atoms with Crippen molar-refractivity contribution in [2.45, 2.75) is 66.9 Å². The molecule has 0 unspecified atom stereocenters. The van der Waals surface area contributed by atoms with Gasteiger partial charge in [0.25, 0.3) is 0 Å². The van der Waals surface area contributed by atoms with Gasteiger partial charge in [-0.05, 0) is 149 Å². The SMILES string of the molecule is CC(C)CCOc1ccc(N)cc1N.CC(C)Oc1ccc(N)cc1N.CCCNc1cccc(N)c1.CCNc1cccc(N)c1.CNc1cccc(N)c1.Nc1ccc(OCCCO)c(N)c1. The summed E-state index contributed by atoms with van der Waals surface area (Å²) in [5.41, 5.74) is 59.6. The third-order valence-electron chi connectivity index (χ3n) is 8.89. The molecule has 0 atom stereocenters. The fraction of sp³-hybridized carbons (Fsp3) is 0.321. The predicted molar refractivity (Wildman–Crippen MR) is 299 cm³/mol. The summed E-state index contributed by atoms with van der Waals surface area (Å²) < 4.78 is 16.2. The van der Waals surface area contributed by atoms with Gasteiger partial charge in [0.1, 0.15) is 17.2 Å². The first-order valence-electron chi connectivity index (χ1n) is 23.1. The van der Waals surface area contributed by atoms with Gasteiger partial charge in [-0.25, -0.2) is 0 Å². The molecule has 0 aliphatic rings. The summed E-state index contributed by atoms with van der Waals surface area (Å²) in [4.78, 5) is 0. The molecule has 0 aliphatic carbocycles. The lowest BCUT2D eigenvalue weighted by atomic mass is 10.1. The zero-order valence-corrected chi connectivity index (χ0v) is 41.8. The minimum absolute atomic E-state index is 0.120. The van der Waals surface area contributed by atoms with Gasteiger partial charge in [0.15, 0.2) is 0 Å². The lowest BCUT2D eigenvalue weighted by molar-refractivity contribution is 0.234. The molecule has 0 aromatic heterocycles. The molecule has 0 radical (unpaired) electrons. The van der Waals surface area contributed by atoms with Crippen molar-refractivity contribution in [2.24, 2.45) is 5.92 Å². The Bertz CT molecular complexity index is 2300. The average Bonchev–Trinajstić information content (AvgIpc) is 3.29. The maximum absolute atomic E-state index is 8.53. The van der Waals surface area contributed by atoms with Gasteiger partial charge in [0.2, 0.25) is 0 Å². The summed E-state index contributed by atoms with van der Waals surface area (Å²) in [6, 6.07) is 38.8. The number of nitrogen functional groups attached to an aromatic ring is 9. The quantitative estimate of drug-likeness (QED) is 0.0317. The van der Waals surface area contributed by atoms with Crippen molar-refractivity contribution in [1.29, 1.82) is 0 Å². The Labute approximate surface area is 411 Å². The van der Waals surface area contributed by atoms with Gasteiger partial charge in [-0.15, -0.1) is 0 Å². The first kappa shape index (κ1) is 59.3. The van der Waals surface area contributed by atoms with E-state index in [4.69, 9.17) is 70.9 Å². The standard InChI is InChI=1S/C11H18N2O.C9H14N2O2.C9H14N2O.C9H14N2.C8H12N2.C7H10N2/c1-8(2)5-6-14-11-4-3-9(12)7-10(11)13;10-7-2-3-9(8(11)6-7)13-5-1-4-12;1-6(2)12-9-4-3-7(10)5-8(9)11;1-2-6-11-9-5-3-4-8(10)7-9;1-2-10-8-5-3-4-7(9)6-8;1-9-7-4-2-3-6(8)5-7/h3-4,7-8H,5-6,12-13H2,1-2H3;2-3,6,12H,1,4-5,10-11H2;3-6H,10-11H2,1-2H3;3-5,7,11H,2,6,10H2,1H3;3-6,10H,2,9H2,1H3;2-5,9H,8H2,1H3. The normalized spacial score (nSPS) is 9.83. The van der Waals surface area contributed by atoms with Gasteiger partial charge in [-0.1, -0.05) is 39.0 Å². The first-order valence-corrected chi connectivity index (χ1v) is 23.1. The number of hydrogen-bond donors (Lipinski definition) is 13. The van der Waals surface area contributed by atoms with Gasteiger partial charge < -0.3 is 86.9 Å². The lowest BCUT2D eigenvalue weighted by Gasteiger charge is -2.11. The summed E-state index contributed by atoms with van der Waals surface area (Å²) >= 11 is 0. The highest BCUT2D eigenvalue weighted by Gasteiger charge is 2.03. The number of aliphatic hydroxyl groups is 1. The van der Waals surface area contributed by atoms with Crippen molar-refractivity contribution in [3.05, 3.63) is 127 Å². The zero-order chi connectivity index (χ0) is 51.6. The van der Waals surface area contributed by atoms with E-state index in [2.05, 4.69) is 43.6 Å². The van der Waals surface area contributed by atoms with Gasteiger partial charge in [-0.2, -0.15) is 0 Å². The van der Waals surface area contributed by atoms with E-state index in [1.165, 1.54) is 0 Å². The van der Waals surface area contributed by atoms with Crippen molar-refractivity contribution in [2.75, 3.05) is 108 Å². The van der Waals surface area contributed by atoms with Crippen molar-refractivity contribution >= 4 is 68.2 Å². The van der Waals surface area contributed by atoms with Gasteiger partial charge in [-0.3, -0.25) is 0 Å². The smallest absolute Gasteiger partial charge is 0.142 e. The Morgan fingerprint density at radius 2 is 0.899 bits per heavy atom. The molecule has 378 valence electrons. The summed E-state index contributed by atoms with van der Waals surface area (Å²) in [7, 11) is 1.87. The molecule has 69 heavy (non-hydrogen) atoms. The van der Waals surface area contributed by atoms with Gasteiger partial charge in [0, 0.05) is 84.4 Å². The number of ether oxygens (including phenoxy) is 3. The van der Waals surface area contributed by atoms with Crippen LogP contribution in [0.1, 0.15) is 60.8 Å². The molecule has 0 amide bonds. The Kier molecular flexibility index (Phi) is 29.7. The molecular weight excluding hydrogens is 869 g/mol. The minimum atomic E-state index is 0.120. The zero-order valence-electron chi connectivity index (χ0n) is 41.8. The highest BCUT2D eigenvalue weighted by Crippen LogP contribution is 2.26. The highest BCUT2D eigenvalue weighted by molar-refractivity contribution is 5.62. The van der Waals surface area contributed by atoms with Crippen LogP contribution in [0.2, 0.25) is 0 Å². The van der Waals surface area contributed by atoms with E-state index in [-0.39, 0.29) is 12.7 Å².